The molecule has 0 saturated carbocycles. The van der Waals surface area contributed by atoms with E-state index in [-0.39, 0.29) is 22.3 Å². The van der Waals surface area contributed by atoms with Crippen molar-refractivity contribution in [2.45, 2.75) is 10.7 Å². The molecule has 0 heterocycles. The summed E-state index contributed by atoms with van der Waals surface area (Å²) in [4.78, 5) is 0.158. The zero-order valence-electron chi connectivity index (χ0n) is 11.6. The third kappa shape index (κ3) is 5.85. The van der Waals surface area contributed by atoms with Gasteiger partial charge in [0, 0.05) is 9.92 Å². The summed E-state index contributed by atoms with van der Waals surface area (Å²) in [6.07, 6.45) is 1.39. The molecule has 0 fully saturated rings. The Morgan fingerprint density at radius 2 is 1.74 bits per heavy atom. The maximum atomic E-state index is 12.5. The summed E-state index contributed by atoms with van der Waals surface area (Å²) in [6, 6.07) is 12.6. The van der Waals surface area contributed by atoms with Gasteiger partial charge in [-0.2, -0.15) is 8.78 Å². The zero-order chi connectivity index (χ0) is 16.9. The third-order valence-corrected chi connectivity index (χ3v) is 4.70. The predicted molar refractivity (Wildman–Crippen MR) is 91.3 cm³/mol. The van der Waals surface area contributed by atoms with Crippen molar-refractivity contribution in [2.24, 2.45) is 0 Å². The Morgan fingerprint density at radius 3 is 2.39 bits per heavy atom. The van der Waals surface area contributed by atoms with Gasteiger partial charge in [-0.15, -0.1) is 0 Å². The molecule has 0 radical (unpaired) electrons. The van der Waals surface area contributed by atoms with Gasteiger partial charge in [0.15, 0.2) is 0 Å². The molecule has 0 aliphatic heterocycles. The van der Waals surface area contributed by atoms with Crippen molar-refractivity contribution in [3.05, 3.63) is 64.5 Å². The lowest BCUT2D eigenvalue weighted by molar-refractivity contribution is 0.252. The Kier molecular flexibility index (Phi) is 6.04. The van der Waals surface area contributed by atoms with Crippen LogP contribution in [0.4, 0.5) is 14.5 Å². The van der Waals surface area contributed by atoms with Gasteiger partial charge >= 0.3 is 0 Å². The molecule has 0 unspecified atom stereocenters. The molecule has 0 spiro atoms. The van der Waals surface area contributed by atoms with Crippen molar-refractivity contribution in [3.63, 3.8) is 0 Å². The molecule has 0 amide bonds. The fourth-order valence-corrected chi connectivity index (χ4v) is 3.35. The van der Waals surface area contributed by atoms with Gasteiger partial charge in [0.1, 0.15) is 0 Å². The highest BCUT2D eigenvalue weighted by Crippen LogP contribution is 2.32. The van der Waals surface area contributed by atoms with E-state index in [2.05, 4.69) is 4.72 Å². The third-order valence-electron chi connectivity index (χ3n) is 2.66. The van der Waals surface area contributed by atoms with Gasteiger partial charge in [0.25, 0.3) is 15.8 Å². The number of rotatable bonds is 6. The number of thioether (sulfide) groups is 1. The second kappa shape index (κ2) is 7.81. The number of sulfonamides is 1. The smallest absolute Gasteiger partial charge is 0.279 e. The average Bonchev–Trinajstić information content (AvgIpc) is 2.48. The molecule has 8 heteroatoms. The summed E-state index contributed by atoms with van der Waals surface area (Å²) in [5.74, 6) is -2.63. The first kappa shape index (κ1) is 17.8. The first-order valence-corrected chi connectivity index (χ1v) is 9.16. The van der Waals surface area contributed by atoms with Gasteiger partial charge < -0.3 is 0 Å². The lowest BCUT2D eigenvalue weighted by Crippen LogP contribution is -2.09. The SMILES string of the molecule is O=S(=O)(/C=C/c1ccc(Cl)cc1)Nc1ccccc1SC(F)F. The Labute approximate surface area is 142 Å². The summed E-state index contributed by atoms with van der Waals surface area (Å²) in [5.41, 5.74) is 0.758. The van der Waals surface area contributed by atoms with Crippen molar-refractivity contribution < 1.29 is 17.2 Å². The van der Waals surface area contributed by atoms with Gasteiger partial charge in [0.05, 0.1) is 11.1 Å². The molecule has 2 aromatic carbocycles. The predicted octanol–water partition coefficient (Wildman–Crippen LogP) is 5.07. The van der Waals surface area contributed by atoms with Crippen LogP contribution in [0, 0.1) is 0 Å². The van der Waals surface area contributed by atoms with E-state index in [1.165, 1.54) is 18.2 Å². The Hall–Kier alpha value is -1.57. The van der Waals surface area contributed by atoms with Crippen LogP contribution < -0.4 is 4.72 Å². The van der Waals surface area contributed by atoms with Gasteiger partial charge in [0.2, 0.25) is 0 Å². The molecule has 122 valence electrons. The van der Waals surface area contributed by atoms with Crippen LogP contribution in [0.2, 0.25) is 5.02 Å². The van der Waals surface area contributed by atoms with Gasteiger partial charge in [-0.25, -0.2) is 8.42 Å². The monoisotopic (exact) mass is 375 g/mol. The van der Waals surface area contributed by atoms with Crippen LogP contribution in [-0.2, 0) is 10.0 Å². The molecule has 0 aliphatic carbocycles. The van der Waals surface area contributed by atoms with Crippen molar-refractivity contribution in [2.75, 3.05) is 4.72 Å². The zero-order valence-corrected chi connectivity index (χ0v) is 14.0. The molecule has 0 bridgehead atoms. The quantitative estimate of drug-likeness (QED) is 0.717. The Bertz CT molecular complexity index is 793. The first-order valence-electron chi connectivity index (χ1n) is 6.36. The van der Waals surface area contributed by atoms with E-state index in [0.717, 1.165) is 5.41 Å². The van der Waals surface area contributed by atoms with E-state index in [0.29, 0.717) is 10.6 Å². The Morgan fingerprint density at radius 1 is 1.09 bits per heavy atom. The van der Waals surface area contributed by atoms with Crippen LogP contribution >= 0.6 is 23.4 Å². The molecule has 0 aromatic heterocycles. The molecule has 2 rings (SSSR count). The van der Waals surface area contributed by atoms with Crippen LogP contribution in [0.25, 0.3) is 6.08 Å². The minimum absolute atomic E-state index is 0.110. The minimum atomic E-state index is -3.82. The minimum Gasteiger partial charge on any atom is -0.279 e. The number of benzene rings is 2. The van der Waals surface area contributed by atoms with Crippen LogP contribution in [-0.4, -0.2) is 14.2 Å². The first-order chi connectivity index (χ1) is 10.9. The highest BCUT2D eigenvalue weighted by atomic mass is 35.5. The van der Waals surface area contributed by atoms with Crippen molar-refractivity contribution >= 4 is 45.1 Å². The summed E-state index contributed by atoms with van der Waals surface area (Å²) in [5, 5.41) is 1.51. The number of hydrogen-bond donors (Lipinski definition) is 1. The van der Waals surface area contributed by atoms with Gasteiger partial charge in [-0.05, 0) is 35.9 Å². The molecule has 0 aliphatic rings. The number of alkyl halides is 2. The van der Waals surface area contributed by atoms with E-state index in [9.17, 15) is 17.2 Å². The highest BCUT2D eigenvalue weighted by Gasteiger charge is 2.13. The lowest BCUT2D eigenvalue weighted by Gasteiger charge is -2.09. The summed E-state index contributed by atoms with van der Waals surface area (Å²) in [6.45, 7) is 0. The number of hydrogen-bond acceptors (Lipinski definition) is 3. The Balaban J connectivity index is 2.17. The fraction of sp³-hybridized carbons (Fsp3) is 0.0667. The van der Waals surface area contributed by atoms with Crippen molar-refractivity contribution in [1.82, 2.24) is 0 Å². The molecule has 0 atom stereocenters. The number of anilines is 1. The molecular weight excluding hydrogens is 364 g/mol. The van der Waals surface area contributed by atoms with Gasteiger partial charge in [-0.1, -0.05) is 47.6 Å². The van der Waals surface area contributed by atoms with Crippen LogP contribution in [0.1, 0.15) is 5.56 Å². The molecule has 2 aromatic rings. The van der Waals surface area contributed by atoms with E-state index >= 15 is 0 Å². The number of nitrogens with one attached hydrogen (secondary N) is 1. The fourth-order valence-electron chi connectivity index (χ4n) is 1.68. The van der Waals surface area contributed by atoms with Crippen LogP contribution in [0.3, 0.4) is 0 Å². The lowest BCUT2D eigenvalue weighted by atomic mass is 10.2. The summed E-state index contributed by atoms with van der Waals surface area (Å²) >= 11 is 6.03. The van der Waals surface area contributed by atoms with Crippen LogP contribution in [0.15, 0.2) is 58.8 Å². The molecule has 23 heavy (non-hydrogen) atoms. The van der Waals surface area contributed by atoms with Crippen LogP contribution in [0.5, 0.6) is 0 Å². The summed E-state index contributed by atoms with van der Waals surface area (Å²) in [7, 11) is -3.82. The second-order valence-electron chi connectivity index (χ2n) is 4.38. The molecular formula is C15H12ClF2NO2S2. The van der Waals surface area contributed by atoms with E-state index in [1.54, 1.807) is 36.4 Å². The van der Waals surface area contributed by atoms with Crippen molar-refractivity contribution in [3.8, 4) is 0 Å². The maximum Gasteiger partial charge on any atom is 0.288 e. The number of halogens is 3. The second-order valence-corrected chi connectivity index (χ2v) is 7.41. The van der Waals surface area contributed by atoms with E-state index < -0.39 is 15.8 Å². The highest BCUT2D eigenvalue weighted by molar-refractivity contribution is 8.00. The maximum absolute atomic E-state index is 12.5. The van der Waals surface area contributed by atoms with E-state index in [4.69, 9.17) is 11.6 Å². The average molecular weight is 376 g/mol. The number of para-hydroxylation sites is 1. The molecule has 1 N–H and O–H groups in total. The molecule has 3 nitrogen and oxygen atoms in total. The largest absolute Gasteiger partial charge is 0.288 e. The normalized spacial score (nSPS) is 12.0. The van der Waals surface area contributed by atoms with E-state index in [1.807, 2.05) is 0 Å². The topological polar surface area (TPSA) is 46.2 Å². The van der Waals surface area contributed by atoms with Crippen molar-refractivity contribution in [1.29, 1.82) is 0 Å². The van der Waals surface area contributed by atoms with Gasteiger partial charge in [-0.3, -0.25) is 4.72 Å². The standard InChI is InChI=1S/C15H12ClF2NO2S2/c16-12-7-5-11(6-8-12)9-10-23(20,21)19-13-3-1-2-4-14(13)22-15(17)18/h1-10,15,19H/b10-9+. The molecule has 0 saturated heterocycles. The summed E-state index contributed by atoms with van der Waals surface area (Å²) < 4.78 is 51.4.